The number of carbonyl (C=O) groups excluding carboxylic acids is 1. The molecule has 3 rings (SSSR count). The Morgan fingerprint density at radius 1 is 1.39 bits per heavy atom. The summed E-state index contributed by atoms with van der Waals surface area (Å²) >= 11 is 0. The zero-order chi connectivity index (χ0) is 16.3. The molecule has 1 saturated heterocycles. The molecule has 1 fully saturated rings. The highest BCUT2D eigenvalue weighted by atomic mass is 19.3. The predicted octanol–water partition coefficient (Wildman–Crippen LogP) is 1.05. The number of ether oxygens (including phenoxy) is 3. The molecule has 2 heterocycles. The lowest BCUT2D eigenvalue weighted by molar-refractivity contribution is -0.286. The molecule has 0 radical (unpaired) electrons. The minimum absolute atomic E-state index is 0.0101. The monoisotopic (exact) mass is 328 g/mol. The van der Waals surface area contributed by atoms with Crippen molar-refractivity contribution in [3.8, 4) is 11.5 Å². The van der Waals surface area contributed by atoms with Crippen molar-refractivity contribution >= 4 is 5.91 Å². The Hall–Kier alpha value is -1.93. The first kappa shape index (κ1) is 15.9. The summed E-state index contributed by atoms with van der Waals surface area (Å²) in [6, 6.07) is 4.59. The number of fused-ring (bicyclic) bond motifs is 1. The van der Waals surface area contributed by atoms with Gasteiger partial charge in [-0.1, -0.05) is 6.07 Å². The molecular weight excluding hydrogens is 310 g/mol. The Balaban J connectivity index is 1.40. The maximum atomic E-state index is 12.9. The fourth-order valence-electron chi connectivity index (χ4n) is 2.51. The highest BCUT2D eigenvalue weighted by Gasteiger charge is 2.43. The molecule has 0 aliphatic carbocycles. The van der Waals surface area contributed by atoms with E-state index < -0.39 is 6.29 Å². The lowest BCUT2D eigenvalue weighted by Gasteiger charge is -2.10. The van der Waals surface area contributed by atoms with E-state index in [1.807, 2.05) is 0 Å². The fraction of sp³-hybridized carbons (Fsp3) is 0.533. The average Bonchev–Trinajstić information content (AvgIpc) is 3.10. The zero-order valence-corrected chi connectivity index (χ0v) is 12.4. The number of amides is 1. The van der Waals surface area contributed by atoms with Crippen LogP contribution in [-0.2, 0) is 16.0 Å². The molecule has 2 aliphatic heterocycles. The third-order valence-electron chi connectivity index (χ3n) is 3.67. The van der Waals surface area contributed by atoms with Gasteiger partial charge in [0.25, 0.3) is 0 Å². The van der Waals surface area contributed by atoms with E-state index in [1.165, 1.54) is 12.1 Å². The number of nitrogens with one attached hydrogen (secondary N) is 2. The van der Waals surface area contributed by atoms with Gasteiger partial charge in [-0.2, -0.15) is 0 Å². The molecule has 1 atom stereocenters. The Kier molecular flexibility index (Phi) is 4.63. The van der Waals surface area contributed by atoms with Crippen molar-refractivity contribution in [3.63, 3.8) is 0 Å². The number of carbonyl (C=O) groups is 1. The Morgan fingerprint density at radius 3 is 3.00 bits per heavy atom. The Labute approximate surface area is 132 Å². The van der Waals surface area contributed by atoms with Crippen molar-refractivity contribution in [2.24, 2.45) is 0 Å². The predicted molar refractivity (Wildman–Crippen MR) is 76.6 cm³/mol. The Bertz CT molecular complexity index is 577. The summed E-state index contributed by atoms with van der Waals surface area (Å²) in [7, 11) is 0. The summed E-state index contributed by atoms with van der Waals surface area (Å²) in [4.78, 5) is 11.7. The summed E-state index contributed by atoms with van der Waals surface area (Å²) in [5, 5.41) is 5.89. The molecule has 0 spiro atoms. The SMILES string of the molecule is O=C(CO[C@@H]1CCNC1)NCCc1ccc2c(c1)OC(F)(F)O2. The average molecular weight is 328 g/mol. The summed E-state index contributed by atoms with van der Waals surface area (Å²) in [5.74, 6) is -0.165. The molecule has 126 valence electrons. The molecular formula is C15H18F2N2O4. The van der Waals surface area contributed by atoms with E-state index >= 15 is 0 Å². The van der Waals surface area contributed by atoms with Crippen LogP contribution >= 0.6 is 0 Å². The van der Waals surface area contributed by atoms with Crippen LogP contribution in [0.25, 0.3) is 0 Å². The molecule has 1 aromatic rings. The van der Waals surface area contributed by atoms with Crippen molar-refractivity contribution in [2.45, 2.75) is 25.2 Å². The van der Waals surface area contributed by atoms with Gasteiger partial charge in [0.1, 0.15) is 6.61 Å². The first-order valence-corrected chi connectivity index (χ1v) is 7.50. The molecule has 8 heteroatoms. The van der Waals surface area contributed by atoms with Gasteiger partial charge in [-0.3, -0.25) is 4.79 Å². The molecule has 0 aromatic heterocycles. The summed E-state index contributed by atoms with van der Waals surface area (Å²) in [6.45, 7) is 2.10. The van der Waals surface area contributed by atoms with Gasteiger partial charge in [0.15, 0.2) is 11.5 Å². The minimum Gasteiger partial charge on any atom is -0.395 e. The first-order chi connectivity index (χ1) is 11.0. The van der Waals surface area contributed by atoms with E-state index in [4.69, 9.17) is 4.74 Å². The van der Waals surface area contributed by atoms with Crippen molar-refractivity contribution in [1.29, 1.82) is 0 Å². The van der Waals surface area contributed by atoms with Gasteiger partial charge < -0.3 is 24.8 Å². The van der Waals surface area contributed by atoms with Gasteiger partial charge in [0.2, 0.25) is 5.91 Å². The smallest absolute Gasteiger partial charge is 0.395 e. The summed E-state index contributed by atoms with van der Waals surface area (Å²) < 4.78 is 40.0. The van der Waals surface area contributed by atoms with E-state index in [-0.39, 0.29) is 30.1 Å². The maximum absolute atomic E-state index is 12.9. The molecule has 0 bridgehead atoms. The van der Waals surface area contributed by atoms with Crippen LogP contribution in [0.2, 0.25) is 0 Å². The van der Waals surface area contributed by atoms with Crippen molar-refractivity contribution in [3.05, 3.63) is 23.8 Å². The van der Waals surface area contributed by atoms with Gasteiger partial charge in [0, 0.05) is 13.1 Å². The van der Waals surface area contributed by atoms with E-state index in [0.29, 0.717) is 13.0 Å². The lowest BCUT2D eigenvalue weighted by Crippen LogP contribution is -2.31. The van der Waals surface area contributed by atoms with Crippen LogP contribution in [0.5, 0.6) is 11.5 Å². The number of hydrogen-bond donors (Lipinski definition) is 2. The van der Waals surface area contributed by atoms with Crippen LogP contribution in [0, 0.1) is 0 Å². The molecule has 0 saturated carbocycles. The normalized spacial score (nSPS) is 21.4. The number of halogens is 2. The van der Waals surface area contributed by atoms with Gasteiger partial charge >= 0.3 is 6.29 Å². The number of rotatable bonds is 6. The zero-order valence-electron chi connectivity index (χ0n) is 12.4. The first-order valence-electron chi connectivity index (χ1n) is 7.50. The standard InChI is InChI=1S/C15H18F2N2O4/c16-15(17)22-12-2-1-10(7-13(12)23-15)3-6-19-14(20)9-21-11-4-5-18-8-11/h1-2,7,11,18H,3-6,8-9H2,(H,19,20)/t11-/m1/s1. The van der Waals surface area contributed by atoms with Crippen LogP contribution in [0.1, 0.15) is 12.0 Å². The minimum atomic E-state index is -3.61. The summed E-state index contributed by atoms with van der Waals surface area (Å²) in [5.41, 5.74) is 0.770. The second-order valence-corrected chi connectivity index (χ2v) is 5.47. The topological polar surface area (TPSA) is 68.8 Å². The largest absolute Gasteiger partial charge is 0.586 e. The molecule has 23 heavy (non-hydrogen) atoms. The van der Waals surface area contributed by atoms with Gasteiger partial charge in [0.05, 0.1) is 6.10 Å². The van der Waals surface area contributed by atoms with Gasteiger partial charge in [-0.25, -0.2) is 0 Å². The van der Waals surface area contributed by atoms with Crippen LogP contribution in [-0.4, -0.2) is 44.5 Å². The van der Waals surface area contributed by atoms with E-state index in [2.05, 4.69) is 20.1 Å². The molecule has 1 amide bonds. The third kappa shape index (κ3) is 4.29. The second kappa shape index (κ2) is 6.67. The highest BCUT2D eigenvalue weighted by Crippen LogP contribution is 2.41. The molecule has 1 aromatic carbocycles. The van der Waals surface area contributed by atoms with E-state index in [9.17, 15) is 13.6 Å². The van der Waals surface area contributed by atoms with Crippen molar-refractivity contribution in [2.75, 3.05) is 26.2 Å². The quantitative estimate of drug-likeness (QED) is 0.817. The molecule has 2 aliphatic rings. The van der Waals surface area contributed by atoms with E-state index in [0.717, 1.165) is 25.1 Å². The van der Waals surface area contributed by atoms with Crippen LogP contribution in [0.4, 0.5) is 8.78 Å². The summed E-state index contributed by atoms with van der Waals surface area (Å²) in [6.07, 6.45) is -2.10. The van der Waals surface area contributed by atoms with Crippen molar-refractivity contribution in [1.82, 2.24) is 10.6 Å². The van der Waals surface area contributed by atoms with Gasteiger partial charge in [-0.05, 0) is 37.1 Å². The highest BCUT2D eigenvalue weighted by molar-refractivity contribution is 5.77. The number of alkyl halides is 2. The van der Waals surface area contributed by atoms with Crippen LogP contribution < -0.4 is 20.1 Å². The van der Waals surface area contributed by atoms with Crippen molar-refractivity contribution < 1.29 is 27.8 Å². The Morgan fingerprint density at radius 2 is 2.22 bits per heavy atom. The lowest BCUT2D eigenvalue weighted by atomic mass is 10.1. The van der Waals surface area contributed by atoms with Gasteiger partial charge in [-0.15, -0.1) is 8.78 Å². The number of hydrogen-bond acceptors (Lipinski definition) is 5. The van der Waals surface area contributed by atoms with E-state index in [1.54, 1.807) is 6.07 Å². The number of benzene rings is 1. The third-order valence-corrected chi connectivity index (χ3v) is 3.67. The molecule has 2 N–H and O–H groups in total. The molecule has 0 unspecified atom stereocenters. The fourth-order valence-corrected chi connectivity index (χ4v) is 2.51. The van der Waals surface area contributed by atoms with Crippen LogP contribution in [0.3, 0.4) is 0 Å². The molecule has 6 nitrogen and oxygen atoms in total. The second-order valence-electron chi connectivity index (χ2n) is 5.47. The maximum Gasteiger partial charge on any atom is 0.586 e. The van der Waals surface area contributed by atoms with Crippen LogP contribution in [0.15, 0.2) is 18.2 Å².